The summed E-state index contributed by atoms with van der Waals surface area (Å²) in [5.74, 6) is 1.92. The number of nitrogens with one attached hydrogen (secondary N) is 1. The van der Waals surface area contributed by atoms with E-state index in [9.17, 15) is 0 Å². The van der Waals surface area contributed by atoms with Gasteiger partial charge in [-0.3, -0.25) is 0 Å². The van der Waals surface area contributed by atoms with Crippen molar-refractivity contribution in [2.24, 2.45) is 0 Å². The molecule has 0 aliphatic carbocycles. The Morgan fingerprint density at radius 1 is 1.22 bits per heavy atom. The van der Waals surface area contributed by atoms with E-state index in [1.807, 2.05) is 48.2 Å². The molecule has 23 heavy (non-hydrogen) atoms. The lowest BCUT2D eigenvalue weighted by Gasteiger charge is -2.27. The third-order valence-corrected chi connectivity index (χ3v) is 5.50. The SMILES string of the molecule is COc1ccc([C@@H]2SCCN2C(=S)Nc2ccc(Cl)cc2)cc1. The number of thiocarbonyl (C=S) groups is 1. The van der Waals surface area contributed by atoms with Gasteiger partial charge in [0, 0.05) is 23.0 Å². The predicted molar refractivity (Wildman–Crippen MR) is 103 cm³/mol. The van der Waals surface area contributed by atoms with Gasteiger partial charge in [-0.1, -0.05) is 23.7 Å². The number of anilines is 1. The highest BCUT2D eigenvalue weighted by Gasteiger charge is 2.28. The van der Waals surface area contributed by atoms with Gasteiger partial charge in [0.25, 0.3) is 0 Å². The van der Waals surface area contributed by atoms with Crippen molar-refractivity contribution in [2.45, 2.75) is 5.37 Å². The second-order valence-electron chi connectivity index (χ2n) is 5.13. The maximum atomic E-state index is 5.92. The lowest BCUT2D eigenvalue weighted by Crippen LogP contribution is -2.34. The summed E-state index contributed by atoms with van der Waals surface area (Å²) >= 11 is 13.4. The standard InChI is InChI=1S/C17H17ClN2OS2/c1-21-15-8-2-12(3-9-15)16-20(10-11-23-16)17(22)19-14-6-4-13(18)5-7-14/h2-9,16H,10-11H2,1H3,(H,19,22)/t16-/m0/s1. The van der Waals surface area contributed by atoms with Crippen LogP contribution < -0.4 is 10.1 Å². The highest BCUT2D eigenvalue weighted by atomic mass is 35.5. The Kier molecular flexibility index (Phi) is 5.30. The lowest BCUT2D eigenvalue weighted by atomic mass is 10.2. The van der Waals surface area contributed by atoms with Crippen LogP contribution in [-0.4, -0.2) is 29.4 Å². The molecule has 1 saturated heterocycles. The van der Waals surface area contributed by atoms with Gasteiger partial charge in [0.1, 0.15) is 11.1 Å². The zero-order valence-corrected chi connectivity index (χ0v) is 15.0. The van der Waals surface area contributed by atoms with E-state index in [2.05, 4.69) is 22.3 Å². The summed E-state index contributed by atoms with van der Waals surface area (Å²) in [6, 6.07) is 15.7. The highest BCUT2D eigenvalue weighted by Crippen LogP contribution is 2.38. The minimum atomic E-state index is 0.230. The fourth-order valence-electron chi connectivity index (χ4n) is 2.45. The molecular weight excluding hydrogens is 348 g/mol. The van der Waals surface area contributed by atoms with E-state index in [1.165, 1.54) is 5.56 Å². The largest absolute Gasteiger partial charge is 0.497 e. The molecule has 2 aromatic carbocycles. The predicted octanol–water partition coefficient (Wildman–Crippen LogP) is 4.79. The Bertz CT molecular complexity index is 676. The van der Waals surface area contributed by atoms with Crippen molar-refractivity contribution < 1.29 is 4.74 Å². The van der Waals surface area contributed by atoms with E-state index < -0.39 is 0 Å². The smallest absolute Gasteiger partial charge is 0.174 e. The summed E-state index contributed by atoms with van der Waals surface area (Å²) in [5, 5.41) is 4.98. The van der Waals surface area contributed by atoms with E-state index in [0.29, 0.717) is 5.02 Å². The second-order valence-corrected chi connectivity index (χ2v) is 7.14. The zero-order chi connectivity index (χ0) is 16.2. The number of nitrogens with zero attached hydrogens (tertiary/aromatic N) is 1. The van der Waals surface area contributed by atoms with Crippen LogP contribution in [-0.2, 0) is 0 Å². The summed E-state index contributed by atoms with van der Waals surface area (Å²) < 4.78 is 5.23. The zero-order valence-electron chi connectivity index (χ0n) is 12.7. The van der Waals surface area contributed by atoms with Crippen LogP contribution in [0.5, 0.6) is 5.75 Å². The minimum absolute atomic E-state index is 0.230. The molecule has 1 aliphatic heterocycles. The average Bonchev–Trinajstić information content (AvgIpc) is 3.07. The van der Waals surface area contributed by atoms with E-state index in [0.717, 1.165) is 28.8 Å². The summed E-state index contributed by atoms with van der Waals surface area (Å²) in [4.78, 5) is 2.22. The monoisotopic (exact) mass is 364 g/mol. The Labute approximate surface area is 151 Å². The first-order valence-corrected chi connectivity index (χ1v) is 9.09. The molecule has 0 radical (unpaired) electrons. The van der Waals surface area contributed by atoms with Gasteiger partial charge in [0.2, 0.25) is 0 Å². The molecule has 0 spiro atoms. The number of ether oxygens (including phenoxy) is 1. The fraction of sp³-hybridized carbons (Fsp3) is 0.235. The van der Waals surface area contributed by atoms with Gasteiger partial charge in [-0.15, -0.1) is 11.8 Å². The molecule has 1 atom stereocenters. The number of hydrogen-bond donors (Lipinski definition) is 1. The number of methoxy groups -OCH3 is 1. The molecule has 1 heterocycles. The summed E-state index contributed by atoms with van der Waals surface area (Å²) in [6.45, 7) is 0.931. The van der Waals surface area contributed by atoms with Gasteiger partial charge in [-0.05, 0) is 54.2 Å². The van der Waals surface area contributed by atoms with Gasteiger partial charge in [0.05, 0.1) is 7.11 Å². The normalized spacial score (nSPS) is 17.1. The Morgan fingerprint density at radius 3 is 2.57 bits per heavy atom. The molecule has 120 valence electrons. The van der Waals surface area contributed by atoms with E-state index in [-0.39, 0.29) is 5.37 Å². The first-order chi connectivity index (χ1) is 11.2. The molecule has 1 aliphatic rings. The Balaban J connectivity index is 1.72. The van der Waals surface area contributed by atoms with Crippen molar-refractivity contribution in [1.82, 2.24) is 4.90 Å². The quantitative estimate of drug-likeness (QED) is 0.789. The fourth-order valence-corrected chi connectivity index (χ4v) is 4.22. The topological polar surface area (TPSA) is 24.5 Å². The van der Waals surface area contributed by atoms with E-state index in [4.69, 9.17) is 28.6 Å². The van der Waals surface area contributed by atoms with Crippen LogP contribution in [0.1, 0.15) is 10.9 Å². The molecule has 3 nitrogen and oxygen atoms in total. The lowest BCUT2D eigenvalue weighted by molar-refractivity contribution is 0.413. The third kappa shape index (κ3) is 3.91. The summed E-state index contributed by atoms with van der Waals surface area (Å²) in [7, 11) is 1.68. The van der Waals surface area contributed by atoms with Crippen LogP contribution in [0.15, 0.2) is 48.5 Å². The molecule has 2 aromatic rings. The van der Waals surface area contributed by atoms with Crippen LogP contribution in [0.4, 0.5) is 5.69 Å². The van der Waals surface area contributed by atoms with Crippen LogP contribution in [0, 0.1) is 0 Å². The van der Waals surface area contributed by atoms with Crippen LogP contribution in [0.2, 0.25) is 5.02 Å². The van der Waals surface area contributed by atoms with Gasteiger partial charge in [-0.25, -0.2) is 0 Å². The molecular formula is C17H17ClN2OS2. The maximum absolute atomic E-state index is 5.92. The maximum Gasteiger partial charge on any atom is 0.174 e. The molecule has 3 rings (SSSR count). The molecule has 1 fully saturated rings. The van der Waals surface area contributed by atoms with E-state index in [1.54, 1.807) is 7.11 Å². The van der Waals surface area contributed by atoms with Gasteiger partial charge < -0.3 is 15.0 Å². The number of benzene rings is 2. The Morgan fingerprint density at radius 2 is 1.91 bits per heavy atom. The van der Waals surface area contributed by atoms with Crippen molar-refractivity contribution in [3.8, 4) is 5.75 Å². The molecule has 1 N–H and O–H groups in total. The van der Waals surface area contributed by atoms with Crippen molar-refractivity contribution in [3.63, 3.8) is 0 Å². The van der Waals surface area contributed by atoms with Crippen LogP contribution in [0.25, 0.3) is 0 Å². The van der Waals surface area contributed by atoms with Crippen LogP contribution in [0.3, 0.4) is 0 Å². The number of hydrogen-bond acceptors (Lipinski definition) is 3. The molecule has 0 bridgehead atoms. The average molecular weight is 365 g/mol. The van der Waals surface area contributed by atoms with Gasteiger partial charge in [0.15, 0.2) is 5.11 Å². The molecule has 0 amide bonds. The van der Waals surface area contributed by atoms with Crippen molar-refractivity contribution in [3.05, 3.63) is 59.1 Å². The highest BCUT2D eigenvalue weighted by molar-refractivity contribution is 7.99. The van der Waals surface area contributed by atoms with E-state index >= 15 is 0 Å². The first kappa shape index (κ1) is 16.4. The molecule has 0 aromatic heterocycles. The second kappa shape index (κ2) is 7.43. The van der Waals surface area contributed by atoms with Crippen LogP contribution >= 0.6 is 35.6 Å². The van der Waals surface area contributed by atoms with Crippen molar-refractivity contribution in [1.29, 1.82) is 0 Å². The number of thioether (sulfide) groups is 1. The number of halogens is 1. The number of rotatable bonds is 3. The van der Waals surface area contributed by atoms with Gasteiger partial charge in [-0.2, -0.15) is 0 Å². The summed E-state index contributed by atoms with van der Waals surface area (Å²) in [5.41, 5.74) is 2.18. The molecule has 0 saturated carbocycles. The minimum Gasteiger partial charge on any atom is -0.497 e. The summed E-state index contributed by atoms with van der Waals surface area (Å²) in [6.07, 6.45) is 0. The van der Waals surface area contributed by atoms with Crippen molar-refractivity contribution >= 4 is 46.4 Å². The third-order valence-electron chi connectivity index (χ3n) is 3.65. The molecule has 0 unspecified atom stereocenters. The van der Waals surface area contributed by atoms with Crippen molar-refractivity contribution in [2.75, 3.05) is 24.7 Å². The Hall–Kier alpha value is -1.43. The molecule has 6 heteroatoms. The van der Waals surface area contributed by atoms with Gasteiger partial charge >= 0.3 is 0 Å². The first-order valence-electron chi connectivity index (χ1n) is 7.26.